The van der Waals surface area contributed by atoms with Crippen LogP contribution in [0.3, 0.4) is 0 Å². The lowest BCUT2D eigenvalue weighted by atomic mass is 10.0. The first-order valence-electron chi connectivity index (χ1n) is 10.1. The van der Waals surface area contributed by atoms with Gasteiger partial charge in [0.15, 0.2) is 18.1 Å². The largest absolute Gasteiger partial charge is 0.496 e. The first-order chi connectivity index (χ1) is 14.2. The molecule has 1 N–H and O–H groups in total. The second kappa shape index (κ2) is 10.7. The zero-order valence-corrected chi connectivity index (χ0v) is 17.2. The minimum Gasteiger partial charge on any atom is -0.496 e. The Labute approximate surface area is 172 Å². The fourth-order valence-electron chi connectivity index (χ4n) is 3.75. The molecule has 1 fully saturated rings. The molecule has 6 nitrogen and oxygen atoms in total. The van der Waals surface area contributed by atoms with Crippen molar-refractivity contribution in [3.05, 3.63) is 54.1 Å². The molecule has 0 saturated carbocycles. The minimum atomic E-state index is -0.159. The molecule has 0 spiro atoms. The van der Waals surface area contributed by atoms with Crippen molar-refractivity contribution in [2.45, 2.75) is 25.3 Å². The van der Waals surface area contributed by atoms with Crippen LogP contribution in [0.25, 0.3) is 0 Å². The Morgan fingerprint density at radius 3 is 2.24 bits per heavy atom. The molecule has 1 atom stereocenters. The molecule has 6 heteroatoms. The third-order valence-corrected chi connectivity index (χ3v) is 5.25. The van der Waals surface area contributed by atoms with Gasteiger partial charge in [-0.05, 0) is 44.1 Å². The maximum atomic E-state index is 12.5. The van der Waals surface area contributed by atoms with Crippen LogP contribution in [0.5, 0.6) is 17.2 Å². The predicted octanol–water partition coefficient (Wildman–Crippen LogP) is 3.43. The number of ether oxygens (including phenoxy) is 3. The van der Waals surface area contributed by atoms with Gasteiger partial charge in [0.05, 0.1) is 20.3 Å². The van der Waals surface area contributed by atoms with Gasteiger partial charge in [0.1, 0.15) is 5.75 Å². The highest BCUT2D eigenvalue weighted by atomic mass is 16.5. The quantitative estimate of drug-likeness (QED) is 0.701. The summed E-state index contributed by atoms with van der Waals surface area (Å²) in [4.78, 5) is 14.9. The number of methoxy groups -OCH3 is 2. The summed E-state index contributed by atoms with van der Waals surface area (Å²) < 4.78 is 16.5. The van der Waals surface area contributed by atoms with Gasteiger partial charge in [0.25, 0.3) is 5.91 Å². The second-order valence-electron chi connectivity index (χ2n) is 7.10. The van der Waals surface area contributed by atoms with Crippen LogP contribution >= 0.6 is 0 Å². The van der Waals surface area contributed by atoms with E-state index in [4.69, 9.17) is 14.2 Å². The van der Waals surface area contributed by atoms with Crippen molar-refractivity contribution in [1.82, 2.24) is 10.2 Å². The number of para-hydroxylation sites is 3. The summed E-state index contributed by atoms with van der Waals surface area (Å²) in [6.07, 6.45) is 3.61. The minimum absolute atomic E-state index is 0.0565. The molecule has 1 saturated heterocycles. The van der Waals surface area contributed by atoms with Crippen LogP contribution in [0.2, 0.25) is 0 Å². The average Bonchev–Trinajstić information content (AvgIpc) is 2.79. The Morgan fingerprint density at radius 1 is 0.931 bits per heavy atom. The number of carbonyl (C=O) groups excluding carboxylic acids is 1. The Hall–Kier alpha value is -2.73. The fourth-order valence-corrected chi connectivity index (χ4v) is 3.75. The van der Waals surface area contributed by atoms with E-state index in [2.05, 4.69) is 16.3 Å². The standard InChI is InChI=1S/C23H30N2O4/c1-27-20-11-5-4-10-18(20)19(25-14-8-3-9-15-25)16-24-23(26)17-29-22-13-7-6-12-21(22)28-2/h4-7,10-13,19H,3,8-9,14-17H2,1-2H3,(H,24,26). The topological polar surface area (TPSA) is 60.0 Å². The molecular formula is C23H30N2O4. The molecule has 156 valence electrons. The monoisotopic (exact) mass is 398 g/mol. The first kappa shape index (κ1) is 21.0. The number of hydrogen-bond donors (Lipinski definition) is 1. The highest BCUT2D eigenvalue weighted by Crippen LogP contribution is 2.31. The summed E-state index contributed by atoms with van der Waals surface area (Å²) in [5.41, 5.74) is 1.10. The molecule has 1 amide bonds. The molecule has 1 heterocycles. The van der Waals surface area contributed by atoms with E-state index >= 15 is 0 Å². The third-order valence-electron chi connectivity index (χ3n) is 5.25. The van der Waals surface area contributed by atoms with Gasteiger partial charge in [0.2, 0.25) is 0 Å². The molecule has 0 aliphatic carbocycles. The van der Waals surface area contributed by atoms with Gasteiger partial charge in [0, 0.05) is 12.1 Å². The fraction of sp³-hybridized carbons (Fsp3) is 0.435. The van der Waals surface area contributed by atoms with Crippen LogP contribution in [0.4, 0.5) is 0 Å². The van der Waals surface area contributed by atoms with E-state index in [1.807, 2.05) is 30.3 Å². The van der Waals surface area contributed by atoms with Gasteiger partial charge in [-0.3, -0.25) is 9.69 Å². The van der Waals surface area contributed by atoms with E-state index in [1.54, 1.807) is 26.4 Å². The van der Waals surface area contributed by atoms with E-state index in [9.17, 15) is 4.79 Å². The molecule has 1 aliphatic rings. The normalized spacial score (nSPS) is 15.4. The smallest absolute Gasteiger partial charge is 0.258 e. The molecule has 0 radical (unpaired) electrons. The molecule has 0 aromatic heterocycles. The van der Waals surface area contributed by atoms with E-state index in [0.29, 0.717) is 18.0 Å². The highest BCUT2D eigenvalue weighted by Gasteiger charge is 2.25. The maximum Gasteiger partial charge on any atom is 0.258 e. The Bertz CT molecular complexity index is 790. The zero-order chi connectivity index (χ0) is 20.5. The maximum absolute atomic E-state index is 12.5. The van der Waals surface area contributed by atoms with Crippen molar-refractivity contribution in [3.8, 4) is 17.2 Å². The second-order valence-corrected chi connectivity index (χ2v) is 7.10. The van der Waals surface area contributed by atoms with Crippen LogP contribution in [0.1, 0.15) is 30.9 Å². The number of piperidine rings is 1. The van der Waals surface area contributed by atoms with Crippen LogP contribution in [0, 0.1) is 0 Å². The Kier molecular flexibility index (Phi) is 7.76. The van der Waals surface area contributed by atoms with Crippen molar-refractivity contribution in [3.63, 3.8) is 0 Å². The van der Waals surface area contributed by atoms with E-state index in [-0.39, 0.29) is 18.6 Å². The zero-order valence-electron chi connectivity index (χ0n) is 17.2. The molecule has 1 aliphatic heterocycles. The number of likely N-dealkylation sites (tertiary alicyclic amines) is 1. The van der Waals surface area contributed by atoms with Gasteiger partial charge >= 0.3 is 0 Å². The number of benzene rings is 2. The summed E-state index contributed by atoms with van der Waals surface area (Å²) in [6.45, 7) is 2.50. The molecule has 29 heavy (non-hydrogen) atoms. The summed E-state index contributed by atoms with van der Waals surface area (Å²) in [6, 6.07) is 15.4. The number of carbonyl (C=O) groups is 1. The predicted molar refractivity (Wildman–Crippen MR) is 113 cm³/mol. The average molecular weight is 399 g/mol. The van der Waals surface area contributed by atoms with Crippen molar-refractivity contribution < 1.29 is 19.0 Å². The molecule has 2 aromatic carbocycles. The van der Waals surface area contributed by atoms with Crippen LogP contribution in [0.15, 0.2) is 48.5 Å². The number of nitrogens with zero attached hydrogens (tertiary/aromatic N) is 1. The van der Waals surface area contributed by atoms with Crippen molar-refractivity contribution in [1.29, 1.82) is 0 Å². The summed E-state index contributed by atoms with van der Waals surface area (Å²) in [5.74, 6) is 1.86. The van der Waals surface area contributed by atoms with Gasteiger partial charge < -0.3 is 19.5 Å². The molecule has 1 unspecified atom stereocenters. The van der Waals surface area contributed by atoms with E-state index in [0.717, 1.165) is 24.4 Å². The van der Waals surface area contributed by atoms with Gasteiger partial charge in [-0.25, -0.2) is 0 Å². The molecule has 3 rings (SSSR count). The Balaban J connectivity index is 1.64. The van der Waals surface area contributed by atoms with E-state index in [1.165, 1.54) is 19.3 Å². The lowest BCUT2D eigenvalue weighted by Gasteiger charge is -2.35. The number of hydrogen-bond acceptors (Lipinski definition) is 5. The molecular weight excluding hydrogens is 368 g/mol. The van der Waals surface area contributed by atoms with Crippen LogP contribution < -0.4 is 19.5 Å². The number of rotatable bonds is 9. The van der Waals surface area contributed by atoms with Gasteiger partial charge in [-0.2, -0.15) is 0 Å². The highest BCUT2D eigenvalue weighted by molar-refractivity contribution is 5.77. The lowest BCUT2D eigenvalue weighted by molar-refractivity contribution is -0.123. The summed E-state index contributed by atoms with van der Waals surface area (Å²) in [5, 5.41) is 3.04. The molecule has 0 bridgehead atoms. The third kappa shape index (κ3) is 5.64. The Morgan fingerprint density at radius 2 is 1.55 bits per heavy atom. The van der Waals surface area contributed by atoms with Crippen LogP contribution in [-0.4, -0.2) is 51.3 Å². The van der Waals surface area contributed by atoms with Gasteiger partial charge in [-0.1, -0.05) is 36.8 Å². The lowest BCUT2D eigenvalue weighted by Crippen LogP contribution is -2.41. The summed E-state index contributed by atoms with van der Waals surface area (Å²) >= 11 is 0. The van der Waals surface area contributed by atoms with Gasteiger partial charge in [-0.15, -0.1) is 0 Å². The van der Waals surface area contributed by atoms with Crippen molar-refractivity contribution in [2.75, 3.05) is 40.5 Å². The first-order valence-corrected chi connectivity index (χ1v) is 10.1. The SMILES string of the molecule is COc1ccccc1OCC(=O)NCC(c1ccccc1OC)N1CCCCC1. The molecule has 2 aromatic rings. The number of nitrogens with one attached hydrogen (secondary N) is 1. The van der Waals surface area contributed by atoms with E-state index < -0.39 is 0 Å². The van der Waals surface area contributed by atoms with Crippen molar-refractivity contribution in [2.24, 2.45) is 0 Å². The summed E-state index contributed by atoms with van der Waals surface area (Å²) in [7, 11) is 3.27. The number of amides is 1. The van der Waals surface area contributed by atoms with Crippen molar-refractivity contribution >= 4 is 5.91 Å². The van der Waals surface area contributed by atoms with Crippen LogP contribution in [-0.2, 0) is 4.79 Å².